The highest BCUT2D eigenvalue weighted by atomic mass is 16.5. The highest BCUT2D eigenvalue weighted by Crippen LogP contribution is 2.16. The van der Waals surface area contributed by atoms with Gasteiger partial charge < -0.3 is 14.7 Å². The summed E-state index contributed by atoms with van der Waals surface area (Å²) in [5.74, 6) is 0.869. The molecule has 90 valence electrons. The van der Waals surface area contributed by atoms with Crippen LogP contribution in [0.5, 0.6) is 0 Å². The zero-order valence-corrected chi connectivity index (χ0v) is 10.4. The van der Waals surface area contributed by atoms with Gasteiger partial charge in [-0.05, 0) is 31.5 Å². The third-order valence-electron chi connectivity index (χ3n) is 2.61. The van der Waals surface area contributed by atoms with Crippen molar-refractivity contribution in [3.05, 3.63) is 23.4 Å². The second kappa shape index (κ2) is 5.82. The van der Waals surface area contributed by atoms with E-state index in [4.69, 9.17) is 9.84 Å². The van der Waals surface area contributed by atoms with Crippen molar-refractivity contribution in [2.45, 2.75) is 26.5 Å². The van der Waals surface area contributed by atoms with Crippen LogP contribution in [-0.2, 0) is 11.3 Å². The smallest absolute Gasteiger partial charge is 0.129 e. The number of nitrogens with zero attached hydrogens (tertiary/aromatic N) is 2. The number of aromatic nitrogens is 1. The molecule has 0 saturated carbocycles. The SMILES string of the molecule is COCC(C)N(C)c1cc(CO)cc(C)n1. The molecule has 1 N–H and O–H groups in total. The largest absolute Gasteiger partial charge is 0.392 e. The minimum Gasteiger partial charge on any atom is -0.392 e. The molecule has 0 bridgehead atoms. The molecular formula is C12H20N2O2. The van der Waals surface area contributed by atoms with Crippen molar-refractivity contribution in [3.63, 3.8) is 0 Å². The monoisotopic (exact) mass is 224 g/mol. The van der Waals surface area contributed by atoms with Crippen LogP contribution in [0.4, 0.5) is 5.82 Å². The molecular weight excluding hydrogens is 204 g/mol. The van der Waals surface area contributed by atoms with Gasteiger partial charge in [-0.3, -0.25) is 0 Å². The number of likely N-dealkylation sites (N-methyl/N-ethyl adjacent to an activating group) is 1. The normalized spacial score (nSPS) is 12.6. The van der Waals surface area contributed by atoms with Crippen LogP contribution in [0, 0.1) is 6.92 Å². The average Bonchev–Trinajstić information content (AvgIpc) is 2.27. The Morgan fingerprint density at radius 2 is 2.19 bits per heavy atom. The second-order valence-corrected chi connectivity index (χ2v) is 4.05. The lowest BCUT2D eigenvalue weighted by Crippen LogP contribution is -2.33. The van der Waals surface area contributed by atoms with Gasteiger partial charge >= 0.3 is 0 Å². The Hall–Kier alpha value is -1.13. The van der Waals surface area contributed by atoms with Gasteiger partial charge in [0, 0.05) is 19.9 Å². The van der Waals surface area contributed by atoms with E-state index in [1.165, 1.54) is 0 Å². The van der Waals surface area contributed by atoms with Gasteiger partial charge in [0.05, 0.1) is 19.3 Å². The molecule has 0 spiro atoms. The van der Waals surface area contributed by atoms with E-state index in [-0.39, 0.29) is 12.6 Å². The molecule has 16 heavy (non-hydrogen) atoms. The van der Waals surface area contributed by atoms with E-state index < -0.39 is 0 Å². The fourth-order valence-electron chi connectivity index (χ4n) is 1.57. The molecule has 1 unspecified atom stereocenters. The number of hydrogen-bond donors (Lipinski definition) is 1. The van der Waals surface area contributed by atoms with Crippen molar-refractivity contribution in [3.8, 4) is 0 Å². The minimum atomic E-state index is 0.0445. The van der Waals surface area contributed by atoms with Gasteiger partial charge in [0.2, 0.25) is 0 Å². The predicted octanol–water partition coefficient (Wildman–Crippen LogP) is 1.35. The fourth-order valence-corrected chi connectivity index (χ4v) is 1.57. The van der Waals surface area contributed by atoms with Gasteiger partial charge in [-0.15, -0.1) is 0 Å². The highest BCUT2D eigenvalue weighted by Gasteiger charge is 2.11. The lowest BCUT2D eigenvalue weighted by Gasteiger charge is -2.26. The topological polar surface area (TPSA) is 45.6 Å². The van der Waals surface area contributed by atoms with Gasteiger partial charge in [0.25, 0.3) is 0 Å². The molecule has 0 saturated heterocycles. The standard InChI is InChI=1S/C12H20N2O2/c1-9-5-11(7-15)6-12(13-9)14(3)10(2)8-16-4/h5-6,10,15H,7-8H2,1-4H3. The van der Waals surface area contributed by atoms with E-state index in [1.54, 1.807) is 7.11 Å². The minimum absolute atomic E-state index is 0.0445. The lowest BCUT2D eigenvalue weighted by molar-refractivity contribution is 0.183. The molecule has 0 aliphatic carbocycles. The van der Waals surface area contributed by atoms with E-state index in [0.717, 1.165) is 17.1 Å². The number of methoxy groups -OCH3 is 1. The molecule has 0 aromatic carbocycles. The van der Waals surface area contributed by atoms with Crippen LogP contribution in [0.2, 0.25) is 0 Å². The number of aryl methyl sites for hydroxylation is 1. The van der Waals surface area contributed by atoms with Crippen LogP contribution in [0.3, 0.4) is 0 Å². The zero-order valence-electron chi connectivity index (χ0n) is 10.4. The predicted molar refractivity (Wildman–Crippen MR) is 64.6 cm³/mol. The van der Waals surface area contributed by atoms with Gasteiger partial charge in [-0.2, -0.15) is 0 Å². The van der Waals surface area contributed by atoms with Crippen LogP contribution in [0.15, 0.2) is 12.1 Å². The average molecular weight is 224 g/mol. The van der Waals surface area contributed by atoms with Gasteiger partial charge in [0.1, 0.15) is 5.82 Å². The summed E-state index contributed by atoms with van der Waals surface area (Å²) in [4.78, 5) is 6.50. The van der Waals surface area contributed by atoms with E-state index in [0.29, 0.717) is 6.61 Å². The Bertz CT molecular complexity index is 342. The number of pyridine rings is 1. The molecule has 4 heteroatoms. The van der Waals surface area contributed by atoms with Crippen LogP contribution in [-0.4, -0.2) is 36.9 Å². The van der Waals surface area contributed by atoms with E-state index in [9.17, 15) is 0 Å². The van der Waals surface area contributed by atoms with Crippen molar-refractivity contribution in [1.82, 2.24) is 4.98 Å². The summed E-state index contributed by atoms with van der Waals surface area (Å²) in [5.41, 5.74) is 1.80. The number of hydrogen-bond acceptors (Lipinski definition) is 4. The third kappa shape index (κ3) is 3.18. The second-order valence-electron chi connectivity index (χ2n) is 4.05. The molecule has 0 fully saturated rings. The number of rotatable bonds is 5. The van der Waals surface area contributed by atoms with Crippen molar-refractivity contribution >= 4 is 5.82 Å². The van der Waals surface area contributed by atoms with Gasteiger partial charge in [-0.25, -0.2) is 4.98 Å². The first-order chi connectivity index (χ1) is 7.58. The summed E-state index contributed by atoms with van der Waals surface area (Å²) in [6.45, 7) is 4.70. The van der Waals surface area contributed by atoms with Crippen molar-refractivity contribution < 1.29 is 9.84 Å². The lowest BCUT2D eigenvalue weighted by atomic mass is 10.2. The van der Waals surface area contributed by atoms with Crippen LogP contribution < -0.4 is 4.90 Å². The summed E-state index contributed by atoms with van der Waals surface area (Å²) in [7, 11) is 3.67. The maximum atomic E-state index is 9.14. The third-order valence-corrected chi connectivity index (χ3v) is 2.61. The molecule has 0 amide bonds. The molecule has 1 rings (SSSR count). The maximum absolute atomic E-state index is 9.14. The Labute approximate surface area is 96.9 Å². The quantitative estimate of drug-likeness (QED) is 0.820. The fraction of sp³-hybridized carbons (Fsp3) is 0.583. The van der Waals surface area contributed by atoms with Crippen LogP contribution in [0.25, 0.3) is 0 Å². The summed E-state index contributed by atoms with van der Waals surface area (Å²) in [6.07, 6.45) is 0. The Morgan fingerprint density at radius 1 is 1.50 bits per heavy atom. The number of ether oxygens (including phenoxy) is 1. The first-order valence-electron chi connectivity index (χ1n) is 5.38. The van der Waals surface area contributed by atoms with Crippen molar-refractivity contribution in [1.29, 1.82) is 0 Å². The Morgan fingerprint density at radius 3 is 2.75 bits per heavy atom. The summed E-state index contributed by atoms with van der Waals surface area (Å²) < 4.78 is 5.11. The molecule has 0 radical (unpaired) electrons. The number of anilines is 1. The molecule has 4 nitrogen and oxygen atoms in total. The number of aliphatic hydroxyl groups excluding tert-OH is 1. The molecule has 0 aliphatic heterocycles. The van der Waals surface area contributed by atoms with Crippen molar-refractivity contribution in [2.75, 3.05) is 25.7 Å². The molecule has 1 aromatic heterocycles. The van der Waals surface area contributed by atoms with E-state index >= 15 is 0 Å². The van der Waals surface area contributed by atoms with E-state index in [2.05, 4.69) is 16.8 Å². The maximum Gasteiger partial charge on any atom is 0.129 e. The molecule has 1 atom stereocenters. The van der Waals surface area contributed by atoms with E-state index in [1.807, 2.05) is 26.1 Å². The van der Waals surface area contributed by atoms with Crippen LogP contribution in [0.1, 0.15) is 18.2 Å². The van der Waals surface area contributed by atoms with Gasteiger partial charge in [0.15, 0.2) is 0 Å². The molecule has 1 aromatic rings. The first-order valence-corrected chi connectivity index (χ1v) is 5.38. The highest BCUT2D eigenvalue weighted by molar-refractivity contribution is 5.42. The molecule has 0 aliphatic rings. The summed E-state index contributed by atoms with van der Waals surface area (Å²) >= 11 is 0. The molecule has 1 heterocycles. The van der Waals surface area contributed by atoms with Gasteiger partial charge in [-0.1, -0.05) is 0 Å². The van der Waals surface area contributed by atoms with Crippen molar-refractivity contribution in [2.24, 2.45) is 0 Å². The summed E-state index contributed by atoms with van der Waals surface area (Å²) in [5, 5.41) is 9.14. The van der Waals surface area contributed by atoms with Crippen LogP contribution >= 0.6 is 0 Å². The first kappa shape index (κ1) is 12.9. The Balaban J connectivity index is 2.89. The zero-order chi connectivity index (χ0) is 12.1. The summed E-state index contributed by atoms with van der Waals surface area (Å²) in [6, 6.07) is 4.04. The number of aliphatic hydroxyl groups is 1. The Kier molecular flexibility index (Phi) is 4.71.